The Morgan fingerprint density at radius 1 is 0.426 bits per heavy atom. The summed E-state index contributed by atoms with van der Waals surface area (Å²) in [5.74, 6) is 1.58. The second kappa shape index (κ2) is 20.9. The molecule has 0 aliphatic carbocycles. The molecule has 0 spiro atoms. The molecule has 68 heavy (non-hydrogen) atoms. The minimum Gasteiger partial charge on any atom is -0.497 e. The van der Waals surface area contributed by atoms with Gasteiger partial charge in [0.25, 0.3) is 0 Å². The molecule has 0 saturated carbocycles. The molecule has 0 saturated heterocycles. The Morgan fingerprint density at radius 2 is 0.750 bits per heavy atom. The average Bonchev–Trinajstić information content (AvgIpc) is 3.36. The van der Waals surface area contributed by atoms with Gasteiger partial charge in [0.05, 0.1) is 26.4 Å². The summed E-state index contributed by atoms with van der Waals surface area (Å²) >= 11 is 0. The van der Waals surface area contributed by atoms with Crippen molar-refractivity contribution in [1.29, 1.82) is 5.26 Å². The first-order chi connectivity index (χ1) is 32.3. The molecule has 0 amide bonds. The van der Waals surface area contributed by atoms with Crippen molar-refractivity contribution < 1.29 is 20.4 Å². The Labute approximate surface area is 397 Å². The third-order valence-corrected chi connectivity index (χ3v) is 11.8. The molecule has 0 radical (unpaired) electrons. The maximum absolute atomic E-state index is 10.6. The van der Waals surface area contributed by atoms with Crippen molar-refractivity contribution in [3.63, 3.8) is 0 Å². The number of fused-ring (bicyclic) bond motifs is 2. The lowest BCUT2D eigenvalue weighted by atomic mass is 9.93. The second-order valence-corrected chi connectivity index (χ2v) is 16.1. The molecule has 0 aliphatic rings. The Kier molecular flexibility index (Phi) is 14.5. The largest absolute Gasteiger partial charge is 0.497 e. The zero-order valence-corrected chi connectivity index (χ0v) is 38.2. The van der Waals surface area contributed by atoms with Gasteiger partial charge in [-0.3, -0.25) is 0 Å². The highest BCUT2D eigenvalue weighted by Crippen LogP contribution is 2.41. The second-order valence-electron chi connectivity index (χ2n) is 16.1. The quantitative estimate of drug-likeness (QED) is 0.0688. The summed E-state index contributed by atoms with van der Waals surface area (Å²) in [5.41, 5.74) is 13.7. The summed E-state index contributed by atoms with van der Waals surface area (Å²) in [4.78, 5) is 8.48. The van der Waals surface area contributed by atoms with E-state index in [1.165, 1.54) is 11.1 Å². The van der Waals surface area contributed by atoms with Crippen molar-refractivity contribution in [1.82, 2.24) is 0 Å². The number of benzene rings is 9. The van der Waals surface area contributed by atoms with Crippen LogP contribution in [0.4, 0.5) is 39.8 Å². The molecule has 0 unspecified atom stereocenters. The van der Waals surface area contributed by atoms with Gasteiger partial charge in [0.2, 0.25) is 5.69 Å². The number of hydrogen-bond donors (Lipinski definition) is 0. The van der Waals surface area contributed by atoms with Crippen molar-refractivity contribution in [3.8, 4) is 17.6 Å². The van der Waals surface area contributed by atoms with Crippen molar-refractivity contribution in [3.05, 3.63) is 232 Å². The molecule has 9 aromatic rings. The summed E-state index contributed by atoms with van der Waals surface area (Å²) in [7, 11) is 3.33. The standard InChI is InChI=1S/C60H46N4O2.2H2O/c1-41-6-20-47(21-7-41)63(48-22-8-42(2)9-23-48)49-24-14-44(15-25-49)11-13-46-18-36-55-58(39-46)60(62-3)56-37-19-45(38-57(56)59(55)40-61)12-10-43-16-26-50(27-17-43)64(51-28-32-53(65-4)33-29-51)52-30-34-54(66-5)35-31-52;;/h6-39H,1-2,4-5H3;2*1H2/b12-10-,13-11-;;. The summed E-state index contributed by atoms with van der Waals surface area (Å²) in [6.45, 7) is 12.5. The molecule has 0 heterocycles. The Morgan fingerprint density at radius 3 is 1.12 bits per heavy atom. The van der Waals surface area contributed by atoms with E-state index in [2.05, 4.69) is 150 Å². The lowest BCUT2D eigenvalue weighted by Crippen LogP contribution is -2.09. The van der Waals surface area contributed by atoms with Crippen LogP contribution in [0.5, 0.6) is 11.5 Å². The minimum atomic E-state index is 0. The van der Waals surface area contributed by atoms with Gasteiger partial charge in [-0.2, -0.15) is 5.26 Å². The molecule has 8 heteroatoms. The number of nitrogens with zero attached hydrogens (tertiary/aromatic N) is 4. The van der Waals surface area contributed by atoms with Crippen LogP contribution in [-0.2, 0) is 0 Å². The summed E-state index contributed by atoms with van der Waals surface area (Å²) < 4.78 is 10.8. The van der Waals surface area contributed by atoms with Gasteiger partial charge in [-0.1, -0.05) is 114 Å². The summed E-state index contributed by atoms with van der Waals surface area (Å²) in [5, 5.41) is 13.6. The number of methoxy groups -OCH3 is 2. The minimum absolute atomic E-state index is 0. The number of anilines is 6. The lowest BCUT2D eigenvalue weighted by Gasteiger charge is -2.26. The van der Waals surface area contributed by atoms with Gasteiger partial charge in [-0.15, -0.1) is 0 Å². The fraction of sp³-hybridized carbons (Fsp3) is 0.0667. The Bertz CT molecular complexity index is 3240. The molecule has 0 fully saturated rings. The SMILES string of the molecule is O.O.[C-]#[N+]c1c2ccc(/C=C\c3ccc(N(c4ccc(OC)cc4)c4ccc(OC)cc4)cc3)cc2c(C#N)c2ccc(/C=C\c3ccc(N(c4ccc(C)cc4)c4ccc(C)cc4)cc3)cc12. The lowest BCUT2D eigenvalue weighted by molar-refractivity contribution is 0.415. The van der Waals surface area contributed by atoms with Crippen molar-refractivity contribution in [2.75, 3.05) is 24.0 Å². The molecule has 334 valence electrons. The van der Waals surface area contributed by atoms with Gasteiger partial charge in [-0.05, 0) is 161 Å². The Balaban J connectivity index is 0.00000342. The fourth-order valence-electron chi connectivity index (χ4n) is 8.29. The number of ether oxygens (including phenoxy) is 2. The molecule has 9 rings (SSSR count). The molecule has 9 aromatic carbocycles. The van der Waals surface area contributed by atoms with Gasteiger partial charge < -0.3 is 30.2 Å². The highest BCUT2D eigenvalue weighted by Gasteiger charge is 2.17. The van der Waals surface area contributed by atoms with E-state index in [9.17, 15) is 5.26 Å². The molecule has 0 atom stereocenters. The van der Waals surface area contributed by atoms with E-state index in [1.54, 1.807) is 14.2 Å². The molecule has 0 bridgehead atoms. The zero-order valence-electron chi connectivity index (χ0n) is 38.2. The maximum atomic E-state index is 10.6. The third-order valence-electron chi connectivity index (χ3n) is 11.8. The van der Waals surface area contributed by atoms with Gasteiger partial charge in [0.15, 0.2) is 0 Å². The first-order valence-corrected chi connectivity index (χ1v) is 21.7. The van der Waals surface area contributed by atoms with Crippen molar-refractivity contribution in [2.45, 2.75) is 13.8 Å². The Hall–Kier alpha value is -8.92. The van der Waals surface area contributed by atoms with Crippen LogP contribution < -0.4 is 19.3 Å². The zero-order chi connectivity index (χ0) is 45.6. The predicted molar refractivity (Wildman–Crippen MR) is 282 cm³/mol. The van der Waals surface area contributed by atoms with Crippen molar-refractivity contribution >= 4 is 85.7 Å². The van der Waals surface area contributed by atoms with E-state index >= 15 is 0 Å². The molecular weight excluding hydrogens is 841 g/mol. The number of rotatable bonds is 12. The van der Waals surface area contributed by atoms with E-state index in [-0.39, 0.29) is 11.0 Å². The summed E-state index contributed by atoms with van der Waals surface area (Å²) in [6.07, 6.45) is 8.26. The molecule has 8 nitrogen and oxygen atoms in total. The van der Waals surface area contributed by atoms with E-state index in [1.807, 2.05) is 91.0 Å². The van der Waals surface area contributed by atoms with Crippen LogP contribution in [-0.4, -0.2) is 25.2 Å². The molecular formula is C60H50N4O4. The summed E-state index contributed by atoms with van der Waals surface area (Å²) in [6, 6.07) is 64.5. The van der Waals surface area contributed by atoms with Crippen LogP contribution in [0.2, 0.25) is 0 Å². The third kappa shape index (κ3) is 9.84. The van der Waals surface area contributed by atoms with Crippen LogP contribution >= 0.6 is 0 Å². The number of nitriles is 1. The van der Waals surface area contributed by atoms with Crippen LogP contribution in [0.3, 0.4) is 0 Å². The van der Waals surface area contributed by atoms with E-state index in [0.717, 1.165) is 89.4 Å². The van der Waals surface area contributed by atoms with Crippen molar-refractivity contribution in [2.24, 2.45) is 0 Å². The van der Waals surface area contributed by atoms with Crippen LogP contribution in [0.1, 0.15) is 38.9 Å². The fourth-order valence-corrected chi connectivity index (χ4v) is 8.29. The van der Waals surface area contributed by atoms with Gasteiger partial charge in [0, 0.05) is 34.1 Å². The maximum Gasteiger partial charge on any atom is 0.202 e. The van der Waals surface area contributed by atoms with Crippen LogP contribution in [0.25, 0.3) is 50.7 Å². The van der Waals surface area contributed by atoms with Crippen LogP contribution in [0.15, 0.2) is 182 Å². The molecule has 0 aromatic heterocycles. The first-order valence-electron chi connectivity index (χ1n) is 21.7. The first kappa shape index (κ1) is 47.1. The number of aryl methyl sites for hydroxylation is 2. The van der Waals surface area contributed by atoms with E-state index < -0.39 is 0 Å². The van der Waals surface area contributed by atoms with E-state index in [0.29, 0.717) is 11.3 Å². The topological polar surface area (TPSA) is 116 Å². The molecule has 4 N–H and O–H groups in total. The highest BCUT2D eigenvalue weighted by molar-refractivity contribution is 6.16. The van der Waals surface area contributed by atoms with Gasteiger partial charge in [0.1, 0.15) is 17.6 Å². The van der Waals surface area contributed by atoms with E-state index in [4.69, 9.17) is 16.0 Å². The number of hydrogen-bond acceptors (Lipinski definition) is 5. The average molecular weight is 891 g/mol. The van der Waals surface area contributed by atoms with Gasteiger partial charge in [-0.25, -0.2) is 4.85 Å². The predicted octanol–water partition coefficient (Wildman–Crippen LogP) is 14.7. The highest BCUT2D eigenvalue weighted by atomic mass is 16.5. The monoisotopic (exact) mass is 890 g/mol. The van der Waals surface area contributed by atoms with Gasteiger partial charge >= 0.3 is 0 Å². The smallest absolute Gasteiger partial charge is 0.202 e. The normalized spacial score (nSPS) is 10.9. The van der Waals surface area contributed by atoms with Crippen LogP contribution in [0, 0.1) is 31.8 Å². The molecule has 0 aliphatic heterocycles.